The summed E-state index contributed by atoms with van der Waals surface area (Å²) in [6, 6.07) is 9.25. The van der Waals surface area contributed by atoms with Crippen molar-refractivity contribution in [2.24, 2.45) is 0 Å². The molecule has 0 aliphatic carbocycles. The summed E-state index contributed by atoms with van der Waals surface area (Å²) < 4.78 is 5.24. The van der Waals surface area contributed by atoms with Crippen molar-refractivity contribution in [3.8, 4) is 12.3 Å². The van der Waals surface area contributed by atoms with Crippen LogP contribution in [0.5, 0.6) is 0 Å². The Hall–Kier alpha value is -1.95. The molecule has 2 rings (SSSR count). The minimum Gasteiger partial charge on any atom is -0.504 e. The lowest BCUT2D eigenvalue weighted by atomic mass is 9.85. The molecule has 0 amide bonds. The molecular weight excluding hydrogens is 317 g/mol. The van der Waals surface area contributed by atoms with Gasteiger partial charge >= 0.3 is 0 Å². The second kappa shape index (κ2) is 7.89. The Morgan fingerprint density at radius 1 is 1.41 bits per heavy atom. The molecule has 0 fully saturated rings. The minimum absolute atomic E-state index is 0.0982. The van der Waals surface area contributed by atoms with E-state index in [1.165, 1.54) is 0 Å². The molecule has 0 bridgehead atoms. The van der Waals surface area contributed by atoms with Gasteiger partial charge in [0.05, 0.1) is 13.4 Å². The van der Waals surface area contributed by atoms with E-state index in [1.807, 2.05) is 18.2 Å². The third-order valence-corrected chi connectivity index (χ3v) is 3.84. The van der Waals surface area contributed by atoms with E-state index < -0.39 is 0 Å². The van der Waals surface area contributed by atoms with Gasteiger partial charge < -0.3 is 4.74 Å². The van der Waals surface area contributed by atoms with Gasteiger partial charge in [-0.05, 0) is 29.3 Å². The Morgan fingerprint density at radius 3 is 2.82 bits per heavy atom. The van der Waals surface area contributed by atoms with Gasteiger partial charge in [0.25, 0.3) is 0 Å². The summed E-state index contributed by atoms with van der Waals surface area (Å²) in [5.41, 5.74) is 2.78. The third-order valence-electron chi connectivity index (χ3n) is 3.27. The van der Waals surface area contributed by atoms with Crippen molar-refractivity contribution in [2.75, 3.05) is 7.11 Å². The van der Waals surface area contributed by atoms with Gasteiger partial charge in [0.1, 0.15) is 0 Å². The fourth-order valence-electron chi connectivity index (χ4n) is 2.30. The predicted octanol–water partition coefficient (Wildman–Crippen LogP) is 5.18. The molecular formula is C18H15Cl2NO. The van der Waals surface area contributed by atoms with Gasteiger partial charge in [0.15, 0.2) is 0 Å². The van der Waals surface area contributed by atoms with Gasteiger partial charge in [-0.3, -0.25) is 4.98 Å². The molecule has 1 unspecified atom stereocenters. The fourth-order valence-corrected chi connectivity index (χ4v) is 2.84. The van der Waals surface area contributed by atoms with Crippen LogP contribution in [0.1, 0.15) is 23.5 Å². The molecule has 112 valence electrons. The second-order valence-electron chi connectivity index (χ2n) is 4.68. The quantitative estimate of drug-likeness (QED) is 0.556. The largest absolute Gasteiger partial charge is 0.504 e. The number of nitrogens with zero attached hydrogens (tertiary/aromatic N) is 1. The highest BCUT2D eigenvalue weighted by Gasteiger charge is 2.21. The van der Waals surface area contributed by atoms with Crippen molar-refractivity contribution < 1.29 is 4.74 Å². The monoisotopic (exact) mass is 331 g/mol. The Labute approximate surface area is 140 Å². The topological polar surface area (TPSA) is 22.1 Å². The molecule has 2 nitrogen and oxygen atoms in total. The summed E-state index contributed by atoms with van der Waals surface area (Å²) in [6.45, 7) is 0. The summed E-state index contributed by atoms with van der Waals surface area (Å²) in [6.07, 6.45) is 11.2. The smallest absolute Gasteiger partial charge is 0.0869 e. The molecule has 0 saturated carbocycles. The van der Waals surface area contributed by atoms with E-state index >= 15 is 0 Å². The summed E-state index contributed by atoms with van der Waals surface area (Å²) in [7, 11) is 1.60. The fraction of sp³-hybridized carbons (Fsp3) is 0.167. The molecule has 1 atom stereocenters. The van der Waals surface area contributed by atoms with Crippen LogP contribution in [0.25, 0.3) is 5.57 Å². The zero-order chi connectivity index (χ0) is 15.9. The zero-order valence-electron chi connectivity index (χ0n) is 12.1. The lowest BCUT2D eigenvalue weighted by molar-refractivity contribution is 0.338. The first-order valence-corrected chi connectivity index (χ1v) is 7.44. The van der Waals surface area contributed by atoms with Crippen molar-refractivity contribution in [1.82, 2.24) is 4.98 Å². The Bertz CT molecular complexity index is 705. The van der Waals surface area contributed by atoms with Crippen LogP contribution >= 0.6 is 23.2 Å². The van der Waals surface area contributed by atoms with Gasteiger partial charge in [-0.2, -0.15) is 0 Å². The second-order valence-corrected chi connectivity index (χ2v) is 5.52. The third kappa shape index (κ3) is 3.82. The van der Waals surface area contributed by atoms with Crippen molar-refractivity contribution in [2.45, 2.75) is 12.3 Å². The van der Waals surface area contributed by atoms with Crippen LogP contribution < -0.4 is 0 Å². The molecule has 0 N–H and O–H groups in total. The van der Waals surface area contributed by atoms with E-state index in [0.29, 0.717) is 16.5 Å². The number of pyridine rings is 1. The van der Waals surface area contributed by atoms with Crippen LogP contribution in [-0.4, -0.2) is 12.1 Å². The summed E-state index contributed by atoms with van der Waals surface area (Å²) in [5, 5.41) is 1.17. The van der Waals surface area contributed by atoms with Gasteiger partial charge in [-0.25, -0.2) is 0 Å². The van der Waals surface area contributed by atoms with Crippen LogP contribution in [0.3, 0.4) is 0 Å². The Morgan fingerprint density at radius 2 is 2.23 bits per heavy atom. The summed E-state index contributed by atoms with van der Waals surface area (Å²) in [4.78, 5) is 4.16. The number of halogens is 2. The molecule has 1 heterocycles. The zero-order valence-corrected chi connectivity index (χ0v) is 13.6. The normalized spacial score (nSPS) is 12.5. The SMILES string of the molecule is C#CCC(/C(=C/OC)c1cccnc1)c1ccc(Cl)cc1Cl. The number of ether oxygens (including phenoxy) is 1. The summed E-state index contributed by atoms with van der Waals surface area (Å²) in [5.74, 6) is 2.61. The molecule has 0 spiro atoms. The van der Waals surface area contributed by atoms with Crippen LogP contribution in [0, 0.1) is 12.3 Å². The molecule has 22 heavy (non-hydrogen) atoms. The van der Waals surface area contributed by atoms with Crippen LogP contribution in [0.15, 0.2) is 49.0 Å². The maximum Gasteiger partial charge on any atom is 0.0869 e. The van der Waals surface area contributed by atoms with Crippen molar-refractivity contribution in [3.05, 3.63) is 70.2 Å². The van der Waals surface area contributed by atoms with Crippen molar-refractivity contribution in [1.29, 1.82) is 0 Å². The first-order chi connectivity index (χ1) is 10.7. The lowest BCUT2D eigenvalue weighted by Crippen LogP contribution is -2.04. The number of hydrogen-bond donors (Lipinski definition) is 0. The van der Waals surface area contributed by atoms with Gasteiger partial charge in [0.2, 0.25) is 0 Å². The molecule has 0 aliphatic rings. The number of rotatable bonds is 5. The van der Waals surface area contributed by atoms with E-state index in [9.17, 15) is 0 Å². The number of benzene rings is 1. The van der Waals surface area contributed by atoms with Crippen molar-refractivity contribution >= 4 is 28.8 Å². The van der Waals surface area contributed by atoms with Crippen molar-refractivity contribution in [3.63, 3.8) is 0 Å². The van der Waals surface area contributed by atoms with E-state index in [0.717, 1.165) is 16.7 Å². The molecule has 2 aromatic rings. The number of terminal acetylenes is 1. The number of allylic oxidation sites excluding steroid dienone is 1. The molecule has 0 aliphatic heterocycles. The standard InChI is InChI=1S/C18H15Cl2NO/c1-3-5-15(16-8-7-14(19)10-18(16)20)17(12-22-2)13-6-4-9-21-11-13/h1,4,6-12,15H,5H2,2H3/b17-12+. The Balaban J connectivity index is 2.53. The van der Waals surface area contributed by atoms with E-state index in [2.05, 4.69) is 10.9 Å². The molecule has 1 aromatic heterocycles. The van der Waals surface area contributed by atoms with E-state index in [-0.39, 0.29) is 5.92 Å². The van der Waals surface area contributed by atoms with Gasteiger partial charge in [0, 0.05) is 40.4 Å². The lowest BCUT2D eigenvalue weighted by Gasteiger charge is -2.20. The maximum absolute atomic E-state index is 6.35. The predicted molar refractivity (Wildman–Crippen MR) is 91.9 cm³/mol. The van der Waals surface area contributed by atoms with Gasteiger partial charge in [-0.15, -0.1) is 12.3 Å². The number of aromatic nitrogens is 1. The van der Waals surface area contributed by atoms with E-state index in [1.54, 1.807) is 37.9 Å². The highest BCUT2D eigenvalue weighted by Crippen LogP contribution is 2.38. The average molecular weight is 332 g/mol. The highest BCUT2D eigenvalue weighted by molar-refractivity contribution is 6.35. The minimum atomic E-state index is -0.0982. The van der Waals surface area contributed by atoms with Crippen LogP contribution in [0.4, 0.5) is 0 Å². The maximum atomic E-state index is 6.35. The van der Waals surface area contributed by atoms with Gasteiger partial charge in [-0.1, -0.05) is 35.3 Å². The molecule has 4 heteroatoms. The summed E-state index contributed by atoms with van der Waals surface area (Å²) >= 11 is 12.3. The highest BCUT2D eigenvalue weighted by atomic mass is 35.5. The number of methoxy groups -OCH3 is 1. The Kier molecular flexibility index (Phi) is 5.89. The van der Waals surface area contributed by atoms with Crippen LogP contribution in [-0.2, 0) is 4.74 Å². The average Bonchev–Trinajstić information content (AvgIpc) is 2.52. The molecule has 0 saturated heterocycles. The van der Waals surface area contributed by atoms with Crippen LogP contribution in [0.2, 0.25) is 10.0 Å². The molecule has 1 aromatic carbocycles. The first-order valence-electron chi connectivity index (χ1n) is 6.69. The number of hydrogen-bond acceptors (Lipinski definition) is 2. The molecule has 0 radical (unpaired) electrons. The first kappa shape index (κ1) is 16.4. The van der Waals surface area contributed by atoms with E-state index in [4.69, 9.17) is 34.4 Å².